The van der Waals surface area contributed by atoms with E-state index in [0.717, 1.165) is 24.2 Å². The van der Waals surface area contributed by atoms with E-state index in [4.69, 9.17) is 5.73 Å². The molecule has 0 spiro atoms. The third kappa shape index (κ3) is 2.59. The molecule has 2 rings (SSSR count). The number of benzene rings is 1. The Morgan fingerprint density at radius 1 is 1.53 bits per heavy atom. The number of carbonyl (C=O) groups excluding carboxylic acids is 1. The van der Waals surface area contributed by atoms with Crippen LogP contribution in [0.3, 0.4) is 0 Å². The van der Waals surface area contributed by atoms with Crippen LogP contribution in [0.1, 0.15) is 38.4 Å². The summed E-state index contributed by atoms with van der Waals surface area (Å²) in [5.74, 6) is -0.247. The first-order valence-electron chi connectivity index (χ1n) is 6.80. The van der Waals surface area contributed by atoms with Gasteiger partial charge in [-0.3, -0.25) is 4.79 Å². The number of hydrogen-bond donors (Lipinski definition) is 2. The number of nitrogens with two attached hydrogens (primary N) is 1. The number of rotatable bonds is 4. The number of para-hydroxylation sites is 1. The van der Waals surface area contributed by atoms with Crippen molar-refractivity contribution in [3.8, 4) is 0 Å². The third-order valence-corrected chi connectivity index (χ3v) is 4.09. The minimum atomic E-state index is -0.468. The monoisotopic (exact) mass is 262 g/mol. The van der Waals surface area contributed by atoms with Crippen molar-refractivity contribution in [1.29, 1.82) is 0 Å². The molecule has 2 atom stereocenters. The summed E-state index contributed by atoms with van der Waals surface area (Å²) in [6.07, 6.45) is 0.980. The van der Waals surface area contributed by atoms with Crippen molar-refractivity contribution in [1.82, 2.24) is 0 Å². The fraction of sp³-hybridized carbons (Fsp3) is 0.533. The zero-order valence-electron chi connectivity index (χ0n) is 11.6. The van der Waals surface area contributed by atoms with Crippen LogP contribution in [0.15, 0.2) is 24.3 Å². The van der Waals surface area contributed by atoms with Crippen LogP contribution in [0.4, 0.5) is 5.69 Å². The van der Waals surface area contributed by atoms with Gasteiger partial charge in [0, 0.05) is 24.3 Å². The van der Waals surface area contributed by atoms with E-state index < -0.39 is 11.5 Å². The van der Waals surface area contributed by atoms with Crippen LogP contribution in [0.5, 0.6) is 0 Å². The van der Waals surface area contributed by atoms with Gasteiger partial charge in [-0.05, 0) is 25.8 Å². The molecule has 1 heterocycles. The van der Waals surface area contributed by atoms with Gasteiger partial charge in [0.05, 0.1) is 11.5 Å². The van der Waals surface area contributed by atoms with Crippen LogP contribution in [0.25, 0.3) is 0 Å². The Bertz CT molecular complexity index is 475. The van der Waals surface area contributed by atoms with Crippen LogP contribution in [-0.2, 0) is 4.79 Å². The molecule has 104 valence electrons. The molecule has 1 aromatic rings. The molecular formula is C15H22N2O2. The predicted molar refractivity (Wildman–Crippen MR) is 75.8 cm³/mol. The molecular weight excluding hydrogens is 240 g/mol. The molecule has 1 amide bonds. The second kappa shape index (κ2) is 5.21. The van der Waals surface area contributed by atoms with Gasteiger partial charge < -0.3 is 15.7 Å². The average molecular weight is 262 g/mol. The second-order valence-electron chi connectivity index (χ2n) is 5.58. The highest BCUT2D eigenvalue weighted by atomic mass is 16.3. The van der Waals surface area contributed by atoms with E-state index in [1.165, 1.54) is 0 Å². The van der Waals surface area contributed by atoms with Crippen molar-refractivity contribution in [2.75, 3.05) is 18.0 Å². The standard InChI is InChI=1S/C15H22N2O2/c1-3-13(18)11-6-4-5-7-12(11)17-9-8-15(2,10-17)14(16)19/h4-7,13,18H,3,8-10H2,1-2H3,(H2,16,19)/t13-,15?/m1/s1. The number of primary amides is 1. The van der Waals surface area contributed by atoms with Crippen molar-refractivity contribution >= 4 is 11.6 Å². The van der Waals surface area contributed by atoms with Crippen LogP contribution < -0.4 is 10.6 Å². The van der Waals surface area contributed by atoms with Crippen molar-refractivity contribution in [2.24, 2.45) is 11.1 Å². The summed E-state index contributed by atoms with van der Waals surface area (Å²) < 4.78 is 0. The lowest BCUT2D eigenvalue weighted by Gasteiger charge is -2.26. The normalized spacial score (nSPS) is 24.5. The predicted octanol–water partition coefficient (Wildman–Crippen LogP) is 1.83. The van der Waals surface area contributed by atoms with E-state index in [0.29, 0.717) is 13.0 Å². The number of nitrogens with zero attached hydrogens (tertiary/aromatic N) is 1. The summed E-state index contributed by atoms with van der Waals surface area (Å²) in [6, 6.07) is 7.84. The maximum absolute atomic E-state index is 11.5. The van der Waals surface area contributed by atoms with Crippen molar-refractivity contribution in [2.45, 2.75) is 32.8 Å². The Kier molecular flexibility index (Phi) is 3.80. The fourth-order valence-corrected chi connectivity index (χ4v) is 2.65. The Morgan fingerprint density at radius 3 is 2.79 bits per heavy atom. The number of anilines is 1. The van der Waals surface area contributed by atoms with Gasteiger partial charge >= 0.3 is 0 Å². The SMILES string of the molecule is CC[C@@H](O)c1ccccc1N1CCC(C)(C(N)=O)C1. The lowest BCUT2D eigenvalue weighted by molar-refractivity contribution is -0.125. The number of hydrogen-bond acceptors (Lipinski definition) is 3. The van der Waals surface area contributed by atoms with Gasteiger partial charge in [0.25, 0.3) is 0 Å². The van der Waals surface area contributed by atoms with Crippen LogP contribution in [0, 0.1) is 5.41 Å². The molecule has 0 aromatic heterocycles. The zero-order valence-corrected chi connectivity index (χ0v) is 11.6. The zero-order chi connectivity index (χ0) is 14.0. The molecule has 1 aliphatic heterocycles. The molecule has 4 nitrogen and oxygen atoms in total. The summed E-state index contributed by atoms with van der Waals surface area (Å²) >= 11 is 0. The summed E-state index contributed by atoms with van der Waals surface area (Å²) in [4.78, 5) is 13.7. The van der Waals surface area contributed by atoms with Gasteiger partial charge in [-0.25, -0.2) is 0 Å². The third-order valence-electron chi connectivity index (χ3n) is 4.09. The minimum Gasteiger partial charge on any atom is -0.388 e. The van der Waals surface area contributed by atoms with Crippen LogP contribution in [0.2, 0.25) is 0 Å². The minimum absolute atomic E-state index is 0.247. The van der Waals surface area contributed by atoms with Crippen LogP contribution >= 0.6 is 0 Å². The highest BCUT2D eigenvalue weighted by Gasteiger charge is 2.39. The Morgan fingerprint density at radius 2 is 2.21 bits per heavy atom. The second-order valence-corrected chi connectivity index (χ2v) is 5.58. The van der Waals surface area contributed by atoms with Gasteiger partial charge in [-0.1, -0.05) is 25.1 Å². The van der Waals surface area contributed by atoms with Gasteiger partial charge in [0.2, 0.25) is 5.91 Å². The maximum atomic E-state index is 11.5. The van der Waals surface area contributed by atoms with Gasteiger partial charge in [-0.15, -0.1) is 0 Å². The Labute approximate surface area is 114 Å². The lowest BCUT2D eigenvalue weighted by atomic mass is 9.89. The van der Waals surface area contributed by atoms with E-state index in [1.54, 1.807) is 0 Å². The van der Waals surface area contributed by atoms with Crippen molar-refractivity contribution < 1.29 is 9.90 Å². The molecule has 3 N–H and O–H groups in total. The first-order chi connectivity index (χ1) is 8.98. The fourth-order valence-electron chi connectivity index (χ4n) is 2.65. The first kappa shape index (κ1) is 13.9. The highest BCUT2D eigenvalue weighted by Crippen LogP contribution is 2.36. The number of aliphatic hydroxyl groups is 1. The molecule has 0 bridgehead atoms. The van der Waals surface area contributed by atoms with E-state index >= 15 is 0 Å². The maximum Gasteiger partial charge on any atom is 0.225 e. The number of carbonyl (C=O) groups is 1. The molecule has 0 radical (unpaired) electrons. The highest BCUT2D eigenvalue weighted by molar-refractivity contribution is 5.82. The van der Waals surface area contributed by atoms with E-state index in [1.807, 2.05) is 38.1 Å². The summed E-state index contributed by atoms with van der Waals surface area (Å²) in [7, 11) is 0. The molecule has 1 aliphatic rings. The van der Waals surface area contributed by atoms with Crippen molar-refractivity contribution in [3.05, 3.63) is 29.8 Å². The quantitative estimate of drug-likeness (QED) is 0.870. The Balaban J connectivity index is 2.27. The van der Waals surface area contributed by atoms with E-state index in [2.05, 4.69) is 4.90 Å². The van der Waals surface area contributed by atoms with Gasteiger partial charge in [0.1, 0.15) is 0 Å². The molecule has 4 heteroatoms. The molecule has 0 aliphatic carbocycles. The molecule has 0 saturated carbocycles. The number of aliphatic hydroxyl groups excluding tert-OH is 1. The average Bonchev–Trinajstić information content (AvgIpc) is 2.82. The Hall–Kier alpha value is -1.55. The largest absolute Gasteiger partial charge is 0.388 e. The van der Waals surface area contributed by atoms with E-state index in [-0.39, 0.29) is 5.91 Å². The summed E-state index contributed by atoms with van der Waals surface area (Å²) in [5, 5.41) is 10.1. The topological polar surface area (TPSA) is 66.6 Å². The molecule has 1 fully saturated rings. The molecule has 1 saturated heterocycles. The first-order valence-corrected chi connectivity index (χ1v) is 6.80. The van der Waals surface area contributed by atoms with Gasteiger partial charge in [-0.2, -0.15) is 0 Å². The van der Waals surface area contributed by atoms with Gasteiger partial charge in [0.15, 0.2) is 0 Å². The number of amides is 1. The summed E-state index contributed by atoms with van der Waals surface area (Å²) in [5.41, 5.74) is 6.96. The lowest BCUT2D eigenvalue weighted by Crippen LogP contribution is -2.37. The molecule has 1 aromatic carbocycles. The van der Waals surface area contributed by atoms with Crippen LogP contribution in [-0.4, -0.2) is 24.1 Å². The molecule has 19 heavy (non-hydrogen) atoms. The van der Waals surface area contributed by atoms with E-state index in [9.17, 15) is 9.90 Å². The summed E-state index contributed by atoms with van der Waals surface area (Å²) in [6.45, 7) is 5.29. The smallest absolute Gasteiger partial charge is 0.225 e. The molecule has 1 unspecified atom stereocenters. The van der Waals surface area contributed by atoms with Crippen molar-refractivity contribution in [3.63, 3.8) is 0 Å².